The van der Waals surface area contributed by atoms with Crippen molar-refractivity contribution in [2.24, 2.45) is 0 Å². The Bertz CT molecular complexity index is 218. The topological polar surface area (TPSA) is 24.1 Å². The molecule has 0 unspecified atom stereocenters. The van der Waals surface area contributed by atoms with Crippen LogP contribution in [0.4, 0.5) is 0 Å². The van der Waals surface area contributed by atoms with Gasteiger partial charge in [0.1, 0.15) is 0 Å². The van der Waals surface area contributed by atoms with Gasteiger partial charge in [-0.05, 0) is 52.6 Å². The Kier molecular flexibility index (Phi) is 7.31. The molecule has 0 heterocycles. The first-order chi connectivity index (χ1) is 6.21. The highest BCUT2D eigenvalue weighted by molar-refractivity contribution is 8.13. The summed E-state index contributed by atoms with van der Waals surface area (Å²) in [7, 11) is 0. The van der Waals surface area contributed by atoms with E-state index < -0.39 is 12.4 Å². The second kappa shape index (κ2) is 6.73. The van der Waals surface area contributed by atoms with E-state index in [1.165, 1.54) is 12.8 Å². The van der Waals surface area contributed by atoms with Gasteiger partial charge >= 0.3 is 0 Å². The summed E-state index contributed by atoms with van der Waals surface area (Å²) in [4.78, 5) is 0. The highest BCUT2D eigenvalue weighted by Gasteiger charge is 2.01. The number of rotatable bonds is 7. The molecule has 0 aromatic heterocycles. The summed E-state index contributed by atoms with van der Waals surface area (Å²) in [5.41, 5.74) is 0. The van der Waals surface area contributed by atoms with Crippen LogP contribution in [0.15, 0.2) is 0 Å². The number of unbranched alkanes of at least 4 members (excludes halogenated alkanes) is 1. The van der Waals surface area contributed by atoms with Crippen molar-refractivity contribution >= 4 is 36.0 Å². The van der Waals surface area contributed by atoms with Crippen LogP contribution in [0.2, 0.25) is 0 Å². The summed E-state index contributed by atoms with van der Waals surface area (Å²) in [5.74, 6) is 0. The molecule has 2 nitrogen and oxygen atoms in total. The van der Waals surface area contributed by atoms with Gasteiger partial charge in [-0.3, -0.25) is 10.2 Å². The summed E-state index contributed by atoms with van der Waals surface area (Å²) in [6.07, 6.45) is -0.0293. The van der Waals surface area contributed by atoms with E-state index in [9.17, 15) is 0 Å². The minimum absolute atomic E-state index is 1.04. The van der Waals surface area contributed by atoms with E-state index in [1.807, 2.05) is 0 Å². The molecule has 2 N–H and O–H groups in total. The third-order valence-corrected chi connectivity index (χ3v) is 4.33. The molecule has 0 spiro atoms. The lowest BCUT2D eigenvalue weighted by Gasteiger charge is -2.14. The van der Waals surface area contributed by atoms with Crippen molar-refractivity contribution in [3.05, 3.63) is 0 Å². The maximum absolute atomic E-state index is 5.30. The molecule has 0 aliphatic heterocycles. The smallest absolute Gasteiger partial charge is 0.00651 e. The van der Waals surface area contributed by atoms with Crippen LogP contribution in [-0.4, -0.2) is 39.7 Å². The summed E-state index contributed by atoms with van der Waals surface area (Å²) in [6, 6.07) is 0. The van der Waals surface area contributed by atoms with Gasteiger partial charge in [-0.1, -0.05) is 23.6 Å². The SMILES string of the molecule is CP(C)(=S)NCCCCNP(C)(C)=S. The first kappa shape index (κ1) is 15.2. The largest absolute Gasteiger partial charge is 0.289 e. The van der Waals surface area contributed by atoms with Crippen LogP contribution in [0.3, 0.4) is 0 Å². The van der Waals surface area contributed by atoms with Gasteiger partial charge in [-0.2, -0.15) is 0 Å². The zero-order valence-corrected chi connectivity index (χ0v) is 13.0. The molecule has 0 fully saturated rings. The molecule has 0 aliphatic rings. The quantitative estimate of drug-likeness (QED) is 0.548. The van der Waals surface area contributed by atoms with Crippen molar-refractivity contribution in [1.82, 2.24) is 10.2 Å². The van der Waals surface area contributed by atoms with Crippen molar-refractivity contribution in [2.45, 2.75) is 12.8 Å². The first-order valence-electron chi connectivity index (χ1n) is 4.81. The summed E-state index contributed by atoms with van der Waals surface area (Å²) < 4.78 is 0. The fourth-order valence-electron chi connectivity index (χ4n) is 0.947. The number of nitrogens with one attached hydrogen (secondary N) is 2. The Morgan fingerprint density at radius 2 is 1.07 bits per heavy atom. The monoisotopic (exact) mass is 272 g/mol. The van der Waals surface area contributed by atoms with Gasteiger partial charge < -0.3 is 0 Å². The maximum atomic E-state index is 5.30. The number of hydrogen-bond donors (Lipinski definition) is 2. The van der Waals surface area contributed by atoms with Gasteiger partial charge in [0.2, 0.25) is 0 Å². The van der Waals surface area contributed by atoms with Crippen LogP contribution in [0, 0.1) is 0 Å². The molecule has 0 aromatic rings. The van der Waals surface area contributed by atoms with Gasteiger partial charge in [0.05, 0.1) is 0 Å². The van der Waals surface area contributed by atoms with E-state index in [1.54, 1.807) is 0 Å². The Hall–Kier alpha value is 1.22. The molecular formula is C8H22N2P2S2. The van der Waals surface area contributed by atoms with Crippen LogP contribution in [0.5, 0.6) is 0 Å². The molecule has 14 heavy (non-hydrogen) atoms. The van der Waals surface area contributed by atoms with Gasteiger partial charge in [-0.25, -0.2) is 0 Å². The van der Waals surface area contributed by atoms with Crippen molar-refractivity contribution in [2.75, 3.05) is 39.7 Å². The third-order valence-electron chi connectivity index (χ3n) is 1.59. The molecule has 0 rings (SSSR count). The lowest BCUT2D eigenvalue weighted by atomic mass is 10.3. The second-order valence-corrected chi connectivity index (χ2v) is 15.7. The van der Waals surface area contributed by atoms with Crippen molar-refractivity contribution in [3.63, 3.8) is 0 Å². The van der Waals surface area contributed by atoms with Crippen molar-refractivity contribution in [1.29, 1.82) is 0 Å². The van der Waals surface area contributed by atoms with Gasteiger partial charge in [0, 0.05) is 12.4 Å². The molecule has 86 valence electrons. The molecule has 0 saturated carbocycles. The Labute approximate surface area is 98.7 Å². The van der Waals surface area contributed by atoms with E-state index >= 15 is 0 Å². The fraction of sp³-hybridized carbons (Fsp3) is 1.00. The minimum Gasteiger partial charge on any atom is -0.289 e. The van der Waals surface area contributed by atoms with Gasteiger partial charge in [0.25, 0.3) is 0 Å². The molecule has 0 aromatic carbocycles. The van der Waals surface area contributed by atoms with E-state index in [0.29, 0.717) is 0 Å². The van der Waals surface area contributed by atoms with Gasteiger partial charge in [0.15, 0.2) is 0 Å². The highest BCUT2D eigenvalue weighted by Crippen LogP contribution is 2.30. The molecule has 0 amide bonds. The van der Waals surface area contributed by atoms with Crippen LogP contribution in [0.25, 0.3) is 0 Å². The maximum Gasteiger partial charge on any atom is 0.00651 e. The molecule has 0 atom stereocenters. The first-order valence-corrected chi connectivity index (χ1v) is 12.2. The average molecular weight is 272 g/mol. The Morgan fingerprint density at radius 1 is 0.786 bits per heavy atom. The lowest BCUT2D eigenvalue weighted by molar-refractivity contribution is 0.709. The van der Waals surface area contributed by atoms with Gasteiger partial charge in [-0.15, -0.1) is 0 Å². The van der Waals surface area contributed by atoms with E-state index in [0.717, 1.165) is 13.1 Å². The Morgan fingerprint density at radius 3 is 1.29 bits per heavy atom. The predicted molar refractivity (Wildman–Crippen MR) is 77.5 cm³/mol. The van der Waals surface area contributed by atoms with Crippen LogP contribution >= 0.6 is 12.4 Å². The van der Waals surface area contributed by atoms with Crippen molar-refractivity contribution < 1.29 is 0 Å². The average Bonchev–Trinajstić information content (AvgIpc) is 1.92. The number of hydrogen-bond acceptors (Lipinski definition) is 2. The van der Waals surface area contributed by atoms with Crippen LogP contribution < -0.4 is 10.2 Å². The van der Waals surface area contributed by atoms with E-state index in [2.05, 4.69) is 36.8 Å². The molecule has 6 heteroatoms. The van der Waals surface area contributed by atoms with E-state index in [-0.39, 0.29) is 0 Å². The van der Waals surface area contributed by atoms with Crippen molar-refractivity contribution in [3.8, 4) is 0 Å². The zero-order chi connectivity index (χ0) is 11.2. The molecule has 0 saturated heterocycles. The highest BCUT2D eigenvalue weighted by atomic mass is 32.4. The van der Waals surface area contributed by atoms with Crippen LogP contribution in [-0.2, 0) is 23.6 Å². The molecular weight excluding hydrogens is 250 g/mol. The fourth-order valence-corrected chi connectivity index (χ4v) is 2.89. The summed E-state index contributed by atoms with van der Waals surface area (Å²) >= 11 is 10.6. The summed E-state index contributed by atoms with van der Waals surface area (Å²) in [6.45, 7) is 10.6. The second-order valence-electron chi connectivity index (χ2n) is 4.23. The molecule has 0 aliphatic carbocycles. The molecule has 0 bridgehead atoms. The summed E-state index contributed by atoms with van der Waals surface area (Å²) in [5, 5.41) is 6.80. The Balaban J connectivity index is 3.32. The third kappa shape index (κ3) is 13.2. The normalized spacial score (nSPS) is 13.1. The van der Waals surface area contributed by atoms with Crippen LogP contribution in [0.1, 0.15) is 12.8 Å². The lowest BCUT2D eigenvalue weighted by Crippen LogP contribution is -2.14. The molecule has 0 radical (unpaired) electrons. The predicted octanol–water partition coefficient (Wildman–Crippen LogP) is 2.25. The minimum atomic E-state index is -1.20. The van der Waals surface area contributed by atoms with E-state index in [4.69, 9.17) is 23.6 Å². The zero-order valence-electron chi connectivity index (χ0n) is 9.54. The standard InChI is InChI=1S/C8H22N2P2S2/c1-11(2,13)9-7-5-6-8-10-12(3,4)14/h5-8H2,1-4H3,(H,9,13)(H,10,14).